The molecular formula is C13H12BrNO3. The summed E-state index contributed by atoms with van der Waals surface area (Å²) < 4.78 is 6.11. The van der Waals surface area contributed by atoms with E-state index in [1.165, 1.54) is 0 Å². The van der Waals surface area contributed by atoms with Crippen LogP contribution in [0.3, 0.4) is 0 Å². The number of aryl methyl sites for hydroxylation is 1. The maximum absolute atomic E-state index is 10.8. The van der Waals surface area contributed by atoms with Crippen molar-refractivity contribution in [2.75, 3.05) is 5.32 Å². The minimum Gasteiger partial charge on any atom is -0.475 e. The number of anilines is 1. The standard InChI is InChI=1S/C13H12BrNO3/c1-8-9(6-12(18-8)13(16)17)7-15-11-5-3-2-4-10(11)14/h2-6,15H,7H2,1H3,(H,16,17). The van der Waals surface area contributed by atoms with Gasteiger partial charge in [-0.3, -0.25) is 0 Å². The minimum absolute atomic E-state index is 0.0311. The second kappa shape index (κ2) is 5.27. The molecule has 94 valence electrons. The van der Waals surface area contributed by atoms with E-state index in [0.717, 1.165) is 15.7 Å². The van der Waals surface area contributed by atoms with E-state index in [-0.39, 0.29) is 5.76 Å². The second-order valence-corrected chi connectivity index (χ2v) is 4.68. The van der Waals surface area contributed by atoms with Crippen molar-refractivity contribution >= 4 is 27.6 Å². The van der Waals surface area contributed by atoms with Crippen LogP contribution in [-0.2, 0) is 6.54 Å². The number of nitrogens with one attached hydrogen (secondary N) is 1. The van der Waals surface area contributed by atoms with Crippen molar-refractivity contribution in [2.45, 2.75) is 13.5 Å². The summed E-state index contributed by atoms with van der Waals surface area (Å²) in [5.41, 5.74) is 1.79. The summed E-state index contributed by atoms with van der Waals surface area (Å²) in [4.78, 5) is 10.8. The second-order valence-electron chi connectivity index (χ2n) is 3.83. The number of rotatable bonds is 4. The normalized spacial score (nSPS) is 10.3. The summed E-state index contributed by atoms with van der Waals surface area (Å²) in [5.74, 6) is -0.464. The molecule has 0 bridgehead atoms. The van der Waals surface area contributed by atoms with E-state index in [1.54, 1.807) is 13.0 Å². The van der Waals surface area contributed by atoms with Gasteiger partial charge in [-0.2, -0.15) is 0 Å². The first-order valence-electron chi connectivity index (χ1n) is 5.39. The third kappa shape index (κ3) is 2.73. The van der Waals surface area contributed by atoms with Gasteiger partial charge in [0.1, 0.15) is 5.76 Å². The SMILES string of the molecule is Cc1oc(C(=O)O)cc1CNc1ccccc1Br. The summed E-state index contributed by atoms with van der Waals surface area (Å²) >= 11 is 3.44. The third-order valence-corrected chi connectivity index (χ3v) is 3.27. The minimum atomic E-state index is -1.05. The highest BCUT2D eigenvalue weighted by Gasteiger charge is 2.12. The van der Waals surface area contributed by atoms with Crippen molar-refractivity contribution in [3.63, 3.8) is 0 Å². The van der Waals surface area contributed by atoms with Crippen molar-refractivity contribution < 1.29 is 14.3 Å². The zero-order valence-electron chi connectivity index (χ0n) is 9.74. The molecule has 5 heteroatoms. The third-order valence-electron chi connectivity index (χ3n) is 2.57. The van der Waals surface area contributed by atoms with Gasteiger partial charge in [0.2, 0.25) is 5.76 Å². The predicted octanol–water partition coefficient (Wildman–Crippen LogP) is 3.66. The zero-order chi connectivity index (χ0) is 13.1. The number of furan rings is 1. The fraction of sp³-hybridized carbons (Fsp3) is 0.154. The molecule has 0 fully saturated rings. The van der Waals surface area contributed by atoms with Gasteiger partial charge in [-0.1, -0.05) is 12.1 Å². The molecule has 0 aliphatic heterocycles. The van der Waals surface area contributed by atoms with Crippen molar-refractivity contribution in [1.29, 1.82) is 0 Å². The number of hydrogen-bond donors (Lipinski definition) is 2. The highest BCUT2D eigenvalue weighted by Crippen LogP contribution is 2.23. The van der Waals surface area contributed by atoms with Crippen molar-refractivity contribution in [3.8, 4) is 0 Å². The molecule has 0 spiro atoms. The molecule has 0 amide bonds. The molecule has 1 aromatic heterocycles. The zero-order valence-corrected chi connectivity index (χ0v) is 11.3. The van der Waals surface area contributed by atoms with E-state index in [9.17, 15) is 4.79 Å². The first kappa shape index (κ1) is 12.7. The summed E-state index contributed by atoms with van der Waals surface area (Å²) in [6, 6.07) is 9.28. The fourth-order valence-corrected chi connectivity index (χ4v) is 2.02. The Kier molecular flexibility index (Phi) is 3.72. The highest BCUT2D eigenvalue weighted by atomic mass is 79.9. The summed E-state index contributed by atoms with van der Waals surface area (Å²) in [5, 5.41) is 12.1. The Hall–Kier alpha value is -1.75. The molecule has 0 aliphatic rings. The van der Waals surface area contributed by atoms with Crippen molar-refractivity contribution in [3.05, 3.63) is 51.9 Å². The molecule has 1 heterocycles. The molecule has 4 nitrogen and oxygen atoms in total. The van der Waals surface area contributed by atoms with Gasteiger partial charge >= 0.3 is 5.97 Å². The Labute approximate surface area is 113 Å². The van der Waals surface area contributed by atoms with Gasteiger partial charge in [0, 0.05) is 22.3 Å². The molecule has 0 radical (unpaired) electrons. The molecule has 2 aromatic rings. The molecule has 0 aliphatic carbocycles. The largest absolute Gasteiger partial charge is 0.475 e. The number of para-hydroxylation sites is 1. The van der Waals surface area contributed by atoms with Crippen LogP contribution in [0.25, 0.3) is 0 Å². The van der Waals surface area contributed by atoms with E-state index < -0.39 is 5.97 Å². The smallest absolute Gasteiger partial charge is 0.371 e. The lowest BCUT2D eigenvalue weighted by atomic mass is 10.2. The fourth-order valence-electron chi connectivity index (χ4n) is 1.60. The molecule has 0 atom stereocenters. The van der Waals surface area contributed by atoms with Crippen LogP contribution in [0.4, 0.5) is 5.69 Å². The van der Waals surface area contributed by atoms with Crippen molar-refractivity contribution in [2.24, 2.45) is 0 Å². The molecule has 1 aromatic carbocycles. The number of hydrogen-bond acceptors (Lipinski definition) is 3. The van der Waals surface area contributed by atoms with Gasteiger partial charge in [-0.05, 0) is 41.1 Å². The van der Waals surface area contributed by atoms with E-state index in [1.807, 2.05) is 24.3 Å². The Bertz CT molecular complexity index is 577. The van der Waals surface area contributed by atoms with E-state index in [2.05, 4.69) is 21.2 Å². The van der Waals surface area contributed by atoms with Crippen LogP contribution in [0, 0.1) is 6.92 Å². The van der Waals surface area contributed by atoms with Crippen LogP contribution in [0.1, 0.15) is 21.9 Å². The first-order valence-corrected chi connectivity index (χ1v) is 6.18. The van der Waals surface area contributed by atoms with Crippen LogP contribution in [0.5, 0.6) is 0 Å². The molecule has 0 saturated carbocycles. The lowest BCUT2D eigenvalue weighted by Crippen LogP contribution is -2.00. The van der Waals surface area contributed by atoms with E-state index in [4.69, 9.17) is 9.52 Å². The Morgan fingerprint density at radius 2 is 2.17 bits per heavy atom. The summed E-state index contributed by atoms with van der Waals surface area (Å²) in [6.45, 7) is 2.27. The molecule has 0 unspecified atom stereocenters. The summed E-state index contributed by atoms with van der Waals surface area (Å²) in [6.07, 6.45) is 0. The lowest BCUT2D eigenvalue weighted by Gasteiger charge is -2.07. The maximum Gasteiger partial charge on any atom is 0.371 e. The highest BCUT2D eigenvalue weighted by molar-refractivity contribution is 9.10. The van der Waals surface area contributed by atoms with Gasteiger partial charge in [-0.25, -0.2) is 4.79 Å². The van der Waals surface area contributed by atoms with Crippen LogP contribution in [0.15, 0.2) is 39.2 Å². The molecule has 2 N–H and O–H groups in total. The average Bonchev–Trinajstić information content (AvgIpc) is 2.70. The Balaban J connectivity index is 2.11. The molecule has 18 heavy (non-hydrogen) atoms. The summed E-state index contributed by atoms with van der Waals surface area (Å²) in [7, 11) is 0. The number of benzene rings is 1. The first-order chi connectivity index (χ1) is 8.58. The van der Waals surface area contributed by atoms with Gasteiger partial charge in [0.05, 0.1) is 0 Å². The predicted molar refractivity (Wildman–Crippen MR) is 71.9 cm³/mol. The Morgan fingerprint density at radius 1 is 1.44 bits per heavy atom. The van der Waals surface area contributed by atoms with Gasteiger partial charge in [0.15, 0.2) is 0 Å². The van der Waals surface area contributed by atoms with Crippen LogP contribution in [0.2, 0.25) is 0 Å². The van der Waals surface area contributed by atoms with E-state index >= 15 is 0 Å². The number of carboxylic acids is 1. The number of halogens is 1. The van der Waals surface area contributed by atoms with Gasteiger partial charge in [0.25, 0.3) is 0 Å². The van der Waals surface area contributed by atoms with Gasteiger partial charge < -0.3 is 14.8 Å². The molecular weight excluding hydrogens is 298 g/mol. The number of aromatic carboxylic acids is 1. The topological polar surface area (TPSA) is 62.5 Å². The quantitative estimate of drug-likeness (QED) is 0.904. The Morgan fingerprint density at radius 3 is 2.78 bits per heavy atom. The molecule has 0 saturated heterocycles. The number of carbonyl (C=O) groups is 1. The maximum atomic E-state index is 10.8. The van der Waals surface area contributed by atoms with Gasteiger partial charge in [-0.15, -0.1) is 0 Å². The van der Waals surface area contributed by atoms with Crippen LogP contribution in [-0.4, -0.2) is 11.1 Å². The average molecular weight is 310 g/mol. The van der Waals surface area contributed by atoms with Crippen LogP contribution < -0.4 is 5.32 Å². The lowest BCUT2D eigenvalue weighted by molar-refractivity contribution is 0.0661. The monoisotopic (exact) mass is 309 g/mol. The molecule has 2 rings (SSSR count). The van der Waals surface area contributed by atoms with Crippen molar-refractivity contribution in [1.82, 2.24) is 0 Å². The number of carboxylic acid groups (broad SMARTS) is 1. The van der Waals surface area contributed by atoms with E-state index in [0.29, 0.717) is 12.3 Å². The van der Waals surface area contributed by atoms with Crippen LogP contribution >= 0.6 is 15.9 Å².